The molecule has 1 N–H and O–H groups in total. The molecule has 1 aromatic carbocycles. The van der Waals surface area contributed by atoms with E-state index in [-0.39, 0.29) is 17.3 Å². The molecule has 1 aromatic rings. The number of benzene rings is 1. The summed E-state index contributed by atoms with van der Waals surface area (Å²) < 4.78 is 13.1. The van der Waals surface area contributed by atoms with Crippen LogP contribution in [-0.4, -0.2) is 36.0 Å². The summed E-state index contributed by atoms with van der Waals surface area (Å²) in [7, 11) is 0. The van der Waals surface area contributed by atoms with Crippen molar-refractivity contribution in [1.29, 1.82) is 0 Å². The molecule has 4 heteroatoms. The fourth-order valence-electron chi connectivity index (χ4n) is 3.00. The van der Waals surface area contributed by atoms with Crippen molar-refractivity contribution in [1.82, 2.24) is 10.2 Å². The number of rotatable bonds is 5. The Labute approximate surface area is 138 Å². The molecule has 23 heavy (non-hydrogen) atoms. The van der Waals surface area contributed by atoms with Gasteiger partial charge in [0.25, 0.3) is 0 Å². The van der Waals surface area contributed by atoms with E-state index in [0.717, 1.165) is 13.1 Å². The Morgan fingerprint density at radius 2 is 2.26 bits per heavy atom. The van der Waals surface area contributed by atoms with E-state index in [1.165, 1.54) is 31.1 Å². The van der Waals surface area contributed by atoms with E-state index in [1.807, 2.05) is 0 Å². The summed E-state index contributed by atoms with van der Waals surface area (Å²) in [5, 5.41) is 2.96. The number of piperidine rings is 1. The second-order valence-corrected chi connectivity index (χ2v) is 7.11. The van der Waals surface area contributed by atoms with Crippen molar-refractivity contribution in [2.75, 3.05) is 19.6 Å². The van der Waals surface area contributed by atoms with Gasteiger partial charge in [-0.2, -0.15) is 0 Å². The van der Waals surface area contributed by atoms with Gasteiger partial charge in [0.2, 0.25) is 5.91 Å². The third-order valence-corrected chi connectivity index (χ3v) is 4.48. The Bertz CT molecular complexity index is 568. The largest absolute Gasteiger partial charge is 0.351 e. The highest BCUT2D eigenvalue weighted by molar-refractivity contribution is 5.91. The second-order valence-electron chi connectivity index (χ2n) is 7.11. The molecule has 1 heterocycles. The van der Waals surface area contributed by atoms with E-state index < -0.39 is 0 Å². The number of nitrogens with zero attached hydrogens (tertiary/aromatic N) is 1. The maximum Gasteiger partial charge on any atom is 0.244 e. The molecule has 0 aliphatic carbocycles. The summed E-state index contributed by atoms with van der Waals surface area (Å²) in [6.45, 7) is 9.39. The van der Waals surface area contributed by atoms with Crippen LogP contribution in [0.2, 0.25) is 0 Å². The zero-order chi connectivity index (χ0) is 16.9. The van der Waals surface area contributed by atoms with Gasteiger partial charge in [-0.1, -0.05) is 19.1 Å². The molecular formula is C19H27FN2O. The maximum atomic E-state index is 13.1. The molecular weight excluding hydrogens is 291 g/mol. The van der Waals surface area contributed by atoms with Gasteiger partial charge in [-0.05, 0) is 62.9 Å². The standard InChI is InChI=1S/C19H27FN2O/c1-15-6-5-11-22(13-15)19(2,3)14-21-18(23)10-9-16-7-4-8-17(20)12-16/h4,7-10,12,15H,5-6,11,13-14H2,1-3H3,(H,21,23). The molecule has 126 valence electrons. The highest BCUT2D eigenvalue weighted by atomic mass is 19.1. The molecule has 2 rings (SSSR count). The predicted octanol–water partition coefficient (Wildman–Crippen LogP) is 3.47. The van der Waals surface area contributed by atoms with Gasteiger partial charge in [-0.25, -0.2) is 4.39 Å². The number of carbonyl (C=O) groups excluding carboxylic acids is 1. The first-order valence-corrected chi connectivity index (χ1v) is 8.33. The molecule has 0 bridgehead atoms. The first-order valence-electron chi connectivity index (χ1n) is 8.33. The number of likely N-dealkylation sites (tertiary alicyclic amines) is 1. The van der Waals surface area contributed by atoms with Crippen LogP contribution < -0.4 is 5.32 Å². The molecule has 1 unspecified atom stereocenters. The quantitative estimate of drug-likeness (QED) is 0.843. The first kappa shape index (κ1) is 17.7. The van der Waals surface area contributed by atoms with Crippen LogP contribution in [0.3, 0.4) is 0 Å². The fraction of sp³-hybridized carbons (Fsp3) is 0.526. The minimum absolute atomic E-state index is 0.0585. The highest BCUT2D eigenvalue weighted by Crippen LogP contribution is 2.23. The molecule has 0 radical (unpaired) electrons. The van der Waals surface area contributed by atoms with E-state index in [0.29, 0.717) is 18.0 Å². The second kappa shape index (κ2) is 7.73. The smallest absolute Gasteiger partial charge is 0.244 e. The van der Waals surface area contributed by atoms with Gasteiger partial charge in [-0.15, -0.1) is 0 Å². The van der Waals surface area contributed by atoms with Gasteiger partial charge in [-0.3, -0.25) is 9.69 Å². The Hall–Kier alpha value is -1.68. The summed E-state index contributed by atoms with van der Waals surface area (Å²) in [4.78, 5) is 14.4. The zero-order valence-electron chi connectivity index (χ0n) is 14.3. The van der Waals surface area contributed by atoms with Gasteiger partial charge in [0, 0.05) is 24.7 Å². The van der Waals surface area contributed by atoms with E-state index in [4.69, 9.17) is 0 Å². The Kier molecular flexibility index (Phi) is 5.94. The van der Waals surface area contributed by atoms with Crippen molar-refractivity contribution >= 4 is 12.0 Å². The van der Waals surface area contributed by atoms with Gasteiger partial charge in [0.1, 0.15) is 5.82 Å². The SMILES string of the molecule is CC1CCCN(C(C)(C)CNC(=O)C=Cc2cccc(F)c2)C1. The minimum Gasteiger partial charge on any atom is -0.351 e. The van der Waals surface area contributed by atoms with Crippen molar-refractivity contribution < 1.29 is 9.18 Å². The van der Waals surface area contributed by atoms with Crippen LogP contribution in [-0.2, 0) is 4.79 Å². The first-order chi connectivity index (χ1) is 10.9. The van der Waals surface area contributed by atoms with Gasteiger partial charge in [0.05, 0.1) is 0 Å². The molecule has 0 aromatic heterocycles. The lowest BCUT2D eigenvalue weighted by atomic mass is 9.93. The third kappa shape index (κ3) is 5.47. The number of amides is 1. The molecule has 3 nitrogen and oxygen atoms in total. The van der Waals surface area contributed by atoms with Crippen molar-refractivity contribution in [3.63, 3.8) is 0 Å². The van der Waals surface area contributed by atoms with E-state index >= 15 is 0 Å². The molecule has 1 aliphatic heterocycles. The lowest BCUT2D eigenvalue weighted by molar-refractivity contribution is -0.117. The van der Waals surface area contributed by atoms with Gasteiger partial charge >= 0.3 is 0 Å². The van der Waals surface area contributed by atoms with E-state index in [9.17, 15) is 9.18 Å². The zero-order valence-corrected chi connectivity index (χ0v) is 14.3. The van der Waals surface area contributed by atoms with Crippen LogP contribution in [0.5, 0.6) is 0 Å². The number of hydrogen-bond donors (Lipinski definition) is 1. The topological polar surface area (TPSA) is 32.3 Å². The van der Waals surface area contributed by atoms with Crippen molar-refractivity contribution in [3.05, 3.63) is 41.7 Å². The summed E-state index contributed by atoms with van der Waals surface area (Å²) in [5.74, 6) is 0.270. The van der Waals surface area contributed by atoms with Crippen LogP contribution >= 0.6 is 0 Å². The van der Waals surface area contributed by atoms with Gasteiger partial charge < -0.3 is 5.32 Å². The summed E-state index contributed by atoms with van der Waals surface area (Å²) in [5.41, 5.74) is 0.626. The lowest BCUT2D eigenvalue weighted by Gasteiger charge is -2.43. The van der Waals surface area contributed by atoms with Crippen LogP contribution in [0.1, 0.15) is 39.2 Å². The molecule has 1 aliphatic rings. The molecule has 1 fully saturated rings. The molecule has 1 amide bonds. The molecule has 0 spiro atoms. The fourth-order valence-corrected chi connectivity index (χ4v) is 3.00. The normalized spacial score (nSPS) is 19.9. The molecule has 1 atom stereocenters. The monoisotopic (exact) mass is 318 g/mol. The number of hydrogen-bond acceptors (Lipinski definition) is 2. The number of halogens is 1. The minimum atomic E-state index is -0.298. The van der Waals surface area contributed by atoms with Gasteiger partial charge in [0.15, 0.2) is 0 Å². The van der Waals surface area contributed by atoms with Crippen LogP contribution in [0.15, 0.2) is 30.3 Å². The summed E-state index contributed by atoms with van der Waals surface area (Å²) >= 11 is 0. The lowest BCUT2D eigenvalue weighted by Crippen LogP contribution is -2.54. The Morgan fingerprint density at radius 3 is 2.96 bits per heavy atom. The van der Waals surface area contributed by atoms with E-state index in [1.54, 1.807) is 18.2 Å². The average Bonchev–Trinajstić information content (AvgIpc) is 2.51. The van der Waals surface area contributed by atoms with Crippen LogP contribution in [0.4, 0.5) is 4.39 Å². The van der Waals surface area contributed by atoms with Crippen molar-refractivity contribution in [3.8, 4) is 0 Å². The average molecular weight is 318 g/mol. The number of carbonyl (C=O) groups is 1. The Balaban J connectivity index is 1.85. The predicted molar refractivity (Wildman–Crippen MR) is 92.5 cm³/mol. The van der Waals surface area contributed by atoms with Crippen LogP contribution in [0, 0.1) is 11.7 Å². The summed E-state index contributed by atoms with van der Waals surface area (Å²) in [6, 6.07) is 6.20. The molecule has 1 saturated heterocycles. The van der Waals surface area contributed by atoms with E-state index in [2.05, 4.69) is 31.0 Å². The summed E-state index contributed by atoms with van der Waals surface area (Å²) in [6.07, 6.45) is 5.60. The maximum absolute atomic E-state index is 13.1. The van der Waals surface area contributed by atoms with Crippen molar-refractivity contribution in [2.24, 2.45) is 5.92 Å². The molecule has 0 saturated carbocycles. The highest BCUT2D eigenvalue weighted by Gasteiger charge is 2.30. The van der Waals surface area contributed by atoms with Crippen LogP contribution in [0.25, 0.3) is 6.08 Å². The number of nitrogens with one attached hydrogen (secondary N) is 1. The van der Waals surface area contributed by atoms with Crippen molar-refractivity contribution in [2.45, 2.75) is 39.2 Å². The Morgan fingerprint density at radius 1 is 1.48 bits per heavy atom. The third-order valence-electron chi connectivity index (χ3n) is 4.48.